The maximum absolute atomic E-state index is 12.5. The summed E-state index contributed by atoms with van der Waals surface area (Å²) in [4.78, 5) is 0.137. The number of halogens is 1. The van der Waals surface area contributed by atoms with Crippen molar-refractivity contribution in [1.82, 2.24) is 4.31 Å². The summed E-state index contributed by atoms with van der Waals surface area (Å²) in [7, 11) is -2.05. The fraction of sp³-hybridized carbons (Fsp3) is 0.200. The Morgan fingerprint density at radius 3 is 2.48 bits per heavy atom. The van der Waals surface area contributed by atoms with E-state index in [0.717, 1.165) is 11.1 Å². The molecule has 2 N–H and O–H groups in total. The van der Waals surface area contributed by atoms with Crippen molar-refractivity contribution in [1.29, 1.82) is 0 Å². The highest BCUT2D eigenvalue weighted by atomic mass is 35.5. The molecule has 0 bridgehead atoms. The van der Waals surface area contributed by atoms with E-state index in [1.54, 1.807) is 7.05 Å². The number of aryl methyl sites for hydroxylation is 1. The second-order valence-electron chi connectivity index (χ2n) is 4.87. The highest BCUT2D eigenvalue weighted by molar-refractivity contribution is 7.89. The molecule has 0 heterocycles. The summed E-state index contributed by atoms with van der Waals surface area (Å²) in [6.07, 6.45) is 0. The molecule has 2 aromatic rings. The molecule has 0 spiro atoms. The van der Waals surface area contributed by atoms with E-state index in [-0.39, 0.29) is 9.92 Å². The summed E-state index contributed by atoms with van der Waals surface area (Å²) < 4.78 is 26.4. The smallest absolute Gasteiger partial charge is 0.243 e. The van der Waals surface area contributed by atoms with Gasteiger partial charge in [-0.2, -0.15) is 4.31 Å². The number of anilines is 1. The largest absolute Gasteiger partial charge is 0.398 e. The summed E-state index contributed by atoms with van der Waals surface area (Å²) in [5, 5.41) is 0.236. The van der Waals surface area contributed by atoms with Gasteiger partial charge in [0.1, 0.15) is 0 Å². The van der Waals surface area contributed by atoms with Crippen LogP contribution in [0.5, 0.6) is 0 Å². The summed E-state index contributed by atoms with van der Waals surface area (Å²) in [6.45, 7) is 2.26. The highest BCUT2D eigenvalue weighted by Crippen LogP contribution is 2.25. The van der Waals surface area contributed by atoms with Gasteiger partial charge in [0.05, 0.1) is 15.6 Å². The number of rotatable bonds is 4. The Labute approximate surface area is 130 Å². The van der Waals surface area contributed by atoms with Crippen LogP contribution in [0.2, 0.25) is 5.02 Å². The predicted molar refractivity (Wildman–Crippen MR) is 85.7 cm³/mol. The van der Waals surface area contributed by atoms with Crippen LogP contribution in [-0.2, 0) is 16.6 Å². The van der Waals surface area contributed by atoms with E-state index in [4.69, 9.17) is 17.3 Å². The van der Waals surface area contributed by atoms with Crippen molar-refractivity contribution in [2.24, 2.45) is 0 Å². The molecule has 2 rings (SSSR count). The highest BCUT2D eigenvalue weighted by Gasteiger charge is 2.22. The molecule has 0 amide bonds. The van der Waals surface area contributed by atoms with Crippen molar-refractivity contribution in [3.05, 3.63) is 58.6 Å². The third-order valence-electron chi connectivity index (χ3n) is 3.33. The minimum Gasteiger partial charge on any atom is -0.398 e. The van der Waals surface area contributed by atoms with E-state index in [1.807, 2.05) is 31.2 Å². The molecule has 112 valence electrons. The van der Waals surface area contributed by atoms with Gasteiger partial charge < -0.3 is 5.73 Å². The fourth-order valence-corrected chi connectivity index (χ4v) is 3.38. The molecule has 0 fully saturated rings. The number of hydrogen-bond donors (Lipinski definition) is 1. The molecular formula is C15H17ClN2O2S. The maximum atomic E-state index is 12.5. The minimum absolute atomic E-state index is 0.137. The molecule has 21 heavy (non-hydrogen) atoms. The number of sulfonamides is 1. The molecule has 0 aromatic heterocycles. The molecule has 0 atom stereocenters. The van der Waals surface area contributed by atoms with Crippen LogP contribution in [0.15, 0.2) is 47.4 Å². The van der Waals surface area contributed by atoms with Crippen molar-refractivity contribution >= 4 is 27.3 Å². The van der Waals surface area contributed by atoms with E-state index >= 15 is 0 Å². The van der Waals surface area contributed by atoms with Gasteiger partial charge >= 0.3 is 0 Å². The lowest BCUT2D eigenvalue weighted by molar-refractivity contribution is 0.466. The van der Waals surface area contributed by atoms with E-state index in [2.05, 4.69) is 0 Å². The molecule has 0 unspecified atom stereocenters. The van der Waals surface area contributed by atoms with E-state index < -0.39 is 10.0 Å². The first kappa shape index (κ1) is 15.8. The standard InChI is InChI=1S/C15H17ClN2O2S/c1-11-5-3-4-6-12(11)10-18(2)21(19,20)13-7-8-15(17)14(16)9-13/h3-9H,10,17H2,1-2H3. The predicted octanol–water partition coefficient (Wildman–Crippen LogP) is 3.05. The van der Waals surface area contributed by atoms with Gasteiger partial charge in [-0.25, -0.2) is 8.42 Å². The Morgan fingerprint density at radius 2 is 1.86 bits per heavy atom. The normalized spacial score (nSPS) is 11.8. The van der Waals surface area contributed by atoms with Crippen molar-refractivity contribution in [2.45, 2.75) is 18.4 Å². The molecule has 0 aliphatic carbocycles. The molecule has 0 saturated heterocycles. The lowest BCUT2D eigenvalue weighted by Gasteiger charge is -2.18. The first-order valence-electron chi connectivity index (χ1n) is 6.38. The summed E-state index contributed by atoms with van der Waals surface area (Å²) in [5.74, 6) is 0. The average molecular weight is 325 g/mol. The SMILES string of the molecule is Cc1ccccc1CN(C)S(=O)(=O)c1ccc(N)c(Cl)c1. The first-order valence-corrected chi connectivity index (χ1v) is 8.20. The summed E-state index contributed by atoms with van der Waals surface area (Å²) in [5.41, 5.74) is 7.98. The van der Waals surface area contributed by atoms with Gasteiger partial charge in [-0.15, -0.1) is 0 Å². The van der Waals surface area contributed by atoms with E-state index in [0.29, 0.717) is 12.2 Å². The van der Waals surface area contributed by atoms with Crippen molar-refractivity contribution in [3.8, 4) is 0 Å². The van der Waals surface area contributed by atoms with Crippen LogP contribution in [0.25, 0.3) is 0 Å². The van der Waals surface area contributed by atoms with E-state index in [9.17, 15) is 8.42 Å². The molecule has 4 nitrogen and oxygen atoms in total. The zero-order chi connectivity index (χ0) is 15.6. The van der Waals surface area contributed by atoms with Crippen LogP contribution >= 0.6 is 11.6 Å². The lowest BCUT2D eigenvalue weighted by atomic mass is 10.1. The second kappa shape index (κ2) is 6.05. The monoisotopic (exact) mass is 324 g/mol. The van der Waals surface area contributed by atoms with Gasteiger partial charge in [-0.05, 0) is 36.2 Å². The molecular weight excluding hydrogens is 308 g/mol. The van der Waals surface area contributed by atoms with Crippen LogP contribution in [0.4, 0.5) is 5.69 Å². The van der Waals surface area contributed by atoms with Gasteiger partial charge in [-0.1, -0.05) is 35.9 Å². The van der Waals surface area contributed by atoms with E-state index in [1.165, 1.54) is 22.5 Å². The Kier molecular flexibility index (Phi) is 4.56. The van der Waals surface area contributed by atoms with Crippen LogP contribution in [-0.4, -0.2) is 19.8 Å². The zero-order valence-corrected chi connectivity index (χ0v) is 13.4. The molecule has 0 aliphatic rings. The van der Waals surface area contributed by atoms with Gasteiger partial charge in [0.15, 0.2) is 0 Å². The Morgan fingerprint density at radius 1 is 1.19 bits per heavy atom. The third-order valence-corrected chi connectivity index (χ3v) is 5.46. The molecule has 0 aliphatic heterocycles. The van der Waals surface area contributed by atoms with Crippen LogP contribution in [0.1, 0.15) is 11.1 Å². The van der Waals surface area contributed by atoms with Crippen molar-refractivity contribution in [2.75, 3.05) is 12.8 Å². The lowest BCUT2D eigenvalue weighted by Crippen LogP contribution is -2.26. The molecule has 2 aromatic carbocycles. The minimum atomic E-state index is -3.60. The number of nitrogens with two attached hydrogens (primary N) is 1. The van der Waals surface area contributed by atoms with Gasteiger partial charge in [0.25, 0.3) is 0 Å². The summed E-state index contributed by atoms with van der Waals surface area (Å²) in [6, 6.07) is 12.0. The maximum Gasteiger partial charge on any atom is 0.243 e. The van der Waals surface area contributed by atoms with Crippen molar-refractivity contribution in [3.63, 3.8) is 0 Å². The molecule has 6 heteroatoms. The van der Waals surface area contributed by atoms with Gasteiger partial charge in [0.2, 0.25) is 10.0 Å². The number of nitrogens with zero attached hydrogens (tertiary/aromatic N) is 1. The zero-order valence-electron chi connectivity index (χ0n) is 11.9. The van der Waals surface area contributed by atoms with Gasteiger partial charge in [-0.3, -0.25) is 0 Å². The first-order chi connectivity index (χ1) is 9.82. The second-order valence-corrected chi connectivity index (χ2v) is 7.32. The quantitative estimate of drug-likeness (QED) is 0.879. The summed E-state index contributed by atoms with van der Waals surface area (Å²) >= 11 is 5.90. The third kappa shape index (κ3) is 3.37. The fourth-order valence-electron chi connectivity index (χ4n) is 1.96. The molecule has 0 radical (unpaired) electrons. The average Bonchev–Trinajstić information content (AvgIpc) is 2.44. The number of nitrogen functional groups attached to an aromatic ring is 1. The van der Waals surface area contributed by atoms with Crippen LogP contribution in [0, 0.1) is 6.92 Å². The number of hydrogen-bond acceptors (Lipinski definition) is 3. The molecule has 0 saturated carbocycles. The van der Waals surface area contributed by atoms with Crippen LogP contribution < -0.4 is 5.73 Å². The Bertz CT molecular complexity index is 760. The topological polar surface area (TPSA) is 63.4 Å². The van der Waals surface area contributed by atoms with Crippen molar-refractivity contribution < 1.29 is 8.42 Å². The van der Waals surface area contributed by atoms with Crippen LogP contribution in [0.3, 0.4) is 0 Å². The number of benzene rings is 2. The Balaban J connectivity index is 2.30. The Hall–Kier alpha value is -1.56. The van der Waals surface area contributed by atoms with Gasteiger partial charge in [0, 0.05) is 13.6 Å².